The molecule has 1 atom stereocenters. The lowest BCUT2D eigenvalue weighted by Crippen LogP contribution is -2.33. The first kappa shape index (κ1) is 35.6. The fourth-order valence-electron chi connectivity index (χ4n) is 8.98. The normalized spacial score (nSPS) is 14.0. The number of benzene rings is 9. The Morgan fingerprint density at radius 3 is 1.52 bits per heavy atom. The molecule has 9 aromatic carbocycles. The summed E-state index contributed by atoms with van der Waals surface area (Å²) in [6.07, 6.45) is -0.333. The molecule has 3 heterocycles. The molecule has 1 unspecified atom stereocenters. The van der Waals surface area contributed by atoms with Gasteiger partial charge in [0.2, 0.25) is 0 Å². The Bertz CT molecular complexity index is 3420. The third kappa shape index (κ3) is 6.18. The van der Waals surface area contributed by atoms with E-state index in [0.717, 1.165) is 66.7 Å². The molecule has 0 spiro atoms. The van der Waals surface area contributed by atoms with Crippen LogP contribution < -0.4 is 5.32 Å². The highest BCUT2D eigenvalue weighted by atomic mass is 16.3. The summed E-state index contributed by atoms with van der Waals surface area (Å²) in [5.74, 6) is 1.42. The third-order valence-electron chi connectivity index (χ3n) is 12.1. The molecule has 5 nitrogen and oxygen atoms in total. The van der Waals surface area contributed by atoms with E-state index in [0.29, 0.717) is 5.84 Å². The second kappa shape index (κ2) is 14.8. The standard InChI is InChI=1S/C57H38N4O/c1-5-14-37(15-6-1)40-24-26-42(27-25-40)56-58-55(41-20-11-4-12-21-41)59-57(60-56)45-28-31-46-47-22-13-23-52(54(47)62-53(46)36-45)61-50-32-29-43(38-16-7-2-8-17-38)34-48(50)49-35-44(30-33-51(49)61)39-18-9-3-10-19-39/h1-36,56H,(H,58,59,60). The number of furan rings is 1. The summed E-state index contributed by atoms with van der Waals surface area (Å²) in [6, 6.07) is 77.0. The molecule has 5 heteroatoms. The van der Waals surface area contributed by atoms with Gasteiger partial charge in [-0.05, 0) is 81.4 Å². The van der Waals surface area contributed by atoms with Crippen LogP contribution in [0.15, 0.2) is 233 Å². The SMILES string of the molecule is c1ccc(C2=NC(c3ccc(-c4ccccc4)cc3)NC(c3ccc4c(c3)oc3c(-n5c6ccc(-c7ccccc7)cc6c6cc(-c7ccccc7)ccc65)cccc34)=N2)cc1. The molecule has 292 valence electrons. The van der Waals surface area contributed by atoms with Crippen LogP contribution in [0.2, 0.25) is 0 Å². The van der Waals surface area contributed by atoms with E-state index in [1.54, 1.807) is 0 Å². The highest BCUT2D eigenvalue weighted by Gasteiger charge is 2.23. The molecule has 0 aliphatic carbocycles. The zero-order valence-electron chi connectivity index (χ0n) is 33.6. The molecule has 1 N–H and O–H groups in total. The largest absolute Gasteiger partial charge is 0.454 e. The number of hydrogen-bond acceptors (Lipinski definition) is 4. The zero-order valence-corrected chi connectivity index (χ0v) is 33.6. The van der Waals surface area contributed by atoms with Crippen molar-refractivity contribution >= 4 is 55.4 Å². The van der Waals surface area contributed by atoms with Gasteiger partial charge in [-0.1, -0.05) is 176 Å². The summed E-state index contributed by atoms with van der Waals surface area (Å²) in [5, 5.41) is 8.15. The maximum atomic E-state index is 6.97. The Kier molecular flexibility index (Phi) is 8.49. The van der Waals surface area contributed by atoms with Crippen LogP contribution in [0, 0.1) is 0 Å². The first-order valence-corrected chi connectivity index (χ1v) is 21.0. The Labute approximate surface area is 358 Å². The fourth-order valence-corrected chi connectivity index (χ4v) is 8.98. The summed E-state index contributed by atoms with van der Waals surface area (Å²) < 4.78 is 9.33. The minimum absolute atomic E-state index is 0.333. The van der Waals surface area contributed by atoms with Crippen molar-refractivity contribution in [2.45, 2.75) is 6.17 Å². The number of nitrogens with one attached hydrogen (secondary N) is 1. The van der Waals surface area contributed by atoms with E-state index in [2.05, 4.69) is 204 Å². The van der Waals surface area contributed by atoms with Gasteiger partial charge in [0.25, 0.3) is 0 Å². The van der Waals surface area contributed by atoms with Crippen LogP contribution >= 0.6 is 0 Å². The van der Waals surface area contributed by atoms with E-state index in [4.69, 9.17) is 14.4 Å². The number of aromatic nitrogens is 1. The summed E-state index contributed by atoms with van der Waals surface area (Å²) in [5.41, 5.74) is 14.9. The van der Waals surface area contributed by atoms with Gasteiger partial charge in [0, 0.05) is 32.7 Å². The van der Waals surface area contributed by atoms with Crippen molar-refractivity contribution in [1.82, 2.24) is 9.88 Å². The summed E-state index contributed by atoms with van der Waals surface area (Å²) in [7, 11) is 0. The van der Waals surface area contributed by atoms with Gasteiger partial charge in [-0.3, -0.25) is 0 Å². The van der Waals surface area contributed by atoms with E-state index in [1.807, 2.05) is 24.3 Å². The van der Waals surface area contributed by atoms with Crippen LogP contribution in [0.1, 0.15) is 22.9 Å². The van der Waals surface area contributed by atoms with Crippen LogP contribution in [-0.4, -0.2) is 16.2 Å². The maximum Gasteiger partial charge on any atom is 0.159 e. The monoisotopic (exact) mass is 794 g/mol. The lowest BCUT2D eigenvalue weighted by Gasteiger charge is -2.24. The molecular formula is C57H38N4O. The summed E-state index contributed by atoms with van der Waals surface area (Å²) in [4.78, 5) is 10.2. The lowest BCUT2D eigenvalue weighted by atomic mass is 10.0. The van der Waals surface area contributed by atoms with Crippen molar-refractivity contribution in [3.05, 3.63) is 235 Å². The first-order chi connectivity index (χ1) is 30.7. The number of aliphatic imine (C=N–C) groups is 2. The molecule has 2 aromatic heterocycles. The quantitative estimate of drug-likeness (QED) is 0.175. The molecule has 11 aromatic rings. The van der Waals surface area contributed by atoms with Gasteiger partial charge < -0.3 is 14.3 Å². The minimum Gasteiger partial charge on any atom is -0.454 e. The van der Waals surface area contributed by atoms with Crippen LogP contribution in [-0.2, 0) is 0 Å². The Morgan fingerprint density at radius 2 is 0.919 bits per heavy atom. The molecule has 0 radical (unpaired) electrons. The molecule has 1 aliphatic heterocycles. The van der Waals surface area contributed by atoms with Gasteiger partial charge in [-0.2, -0.15) is 0 Å². The van der Waals surface area contributed by atoms with Crippen molar-refractivity contribution in [1.29, 1.82) is 0 Å². The van der Waals surface area contributed by atoms with Crippen molar-refractivity contribution in [2.75, 3.05) is 0 Å². The van der Waals surface area contributed by atoms with Crippen molar-refractivity contribution in [2.24, 2.45) is 9.98 Å². The van der Waals surface area contributed by atoms with Crippen LogP contribution in [0.25, 0.3) is 82.8 Å². The zero-order chi connectivity index (χ0) is 41.0. The summed E-state index contributed by atoms with van der Waals surface area (Å²) in [6.45, 7) is 0. The van der Waals surface area contributed by atoms with Gasteiger partial charge in [0.15, 0.2) is 11.4 Å². The third-order valence-corrected chi connectivity index (χ3v) is 12.1. The van der Waals surface area contributed by atoms with E-state index in [-0.39, 0.29) is 6.17 Å². The average Bonchev–Trinajstić information content (AvgIpc) is 3.90. The van der Waals surface area contributed by atoms with Crippen LogP contribution in [0.4, 0.5) is 0 Å². The number of rotatable bonds is 7. The predicted octanol–water partition coefficient (Wildman–Crippen LogP) is 14.2. The molecule has 12 rings (SSSR count). The minimum atomic E-state index is -0.333. The molecule has 0 saturated heterocycles. The van der Waals surface area contributed by atoms with Gasteiger partial charge >= 0.3 is 0 Å². The fraction of sp³-hybridized carbons (Fsp3) is 0.0175. The van der Waals surface area contributed by atoms with Crippen LogP contribution in [0.3, 0.4) is 0 Å². The van der Waals surface area contributed by atoms with Crippen molar-refractivity contribution in [3.8, 4) is 39.1 Å². The molecule has 0 bridgehead atoms. The highest BCUT2D eigenvalue weighted by molar-refractivity contribution is 6.17. The predicted molar refractivity (Wildman–Crippen MR) is 256 cm³/mol. The van der Waals surface area contributed by atoms with Gasteiger partial charge in [-0.25, -0.2) is 9.98 Å². The molecule has 0 amide bonds. The second-order valence-corrected chi connectivity index (χ2v) is 15.8. The number of amidine groups is 2. The molecular weight excluding hydrogens is 757 g/mol. The highest BCUT2D eigenvalue weighted by Crippen LogP contribution is 2.41. The van der Waals surface area contributed by atoms with Gasteiger partial charge in [0.05, 0.1) is 16.7 Å². The smallest absolute Gasteiger partial charge is 0.159 e. The van der Waals surface area contributed by atoms with Crippen LogP contribution in [0.5, 0.6) is 0 Å². The average molecular weight is 795 g/mol. The molecule has 62 heavy (non-hydrogen) atoms. The second-order valence-electron chi connectivity index (χ2n) is 15.8. The van der Waals surface area contributed by atoms with Gasteiger partial charge in [0.1, 0.15) is 17.6 Å². The van der Waals surface area contributed by atoms with Crippen molar-refractivity contribution in [3.63, 3.8) is 0 Å². The summed E-state index contributed by atoms with van der Waals surface area (Å²) >= 11 is 0. The Morgan fingerprint density at radius 1 is 0.403 bits per heavy atom. The van der Waals surface area contributed by atoms with Crippen molar-refractivity contribution < 1.29 is 4.42 Å². The lowest BCUT2D eigenvalue weighted by molar-refractivity contribution is 0.664. The van der Waals surface area contributed by atoms with E-state index in [1.165, 1.54) is 38.6 Å². The number of para-hydroxylation sites is 1. The Hall–Kier alpha value is -8.28. The Balaban J connectivity index is 0.977. The first-order valence-electron chi connectivity index (χ1n) is 21.0. The molecule has 1 aliphatic rings. The van der Waals surface area contributed by atoms with E-state index >= 15 is 0 Å². The number of nitrogens with zero attached hydrogens (tertiary/aromatic N) is 3. The van der Waals surface area contributed by atoms with Gasteiger partial charge in [-0.15, -0.1) is 0 Å². The maximum absolute atomic E-state index is 6.97. The topological polar surface area (TPSA) is 54.8 Å². The number of hydrogen-bond donors (Lipinski definition) is 1. The molecule has 0 fully saturated rings. The van der Waals surface area contributed by atoms with E-state index in [9.17, 15) is 0 Å². The van der Waals surface area contributed by atoms with E-state index < -0.39 is 0 Å². The number of fused-ring (bicyclic) bond motifs is 6. The molecule has 0 saturated carbocycles.